The van der Waals surface area contributed by atoms with E-state index in [0.29, 0.717) is 17.0 Å². The van der Waals surface area contributed by atoms with Gasteiger partial charge in [-0.3, -0.25) is 4.79 Å². The summed E-state index contributed by atoms with van der Waals surface area (Å²) in [6, 6.07) is 19.0. The molecule has 0 aliphatic rings. The van der Waals surface area contributed by atoms with Gasteiger partial charge in [0.1, 0.15) is 29.8 Å². The van der Waals surface area contributed by atoms with Crippen molar-refractivity contribution in [3.05, 3.63) is 98.8 Å². The summed E-state index contributed by atoms with van der Waals surface area (Å²) >= 11 is 3.41. The third-order valence-corrected chi connectivity index (χ3v) is 5.08. The van der Waals surface area contributed by atoms with Crippen LogP contribution in [0.25, 0.3) is 6.08 Å². The number of aryl methyl sites for hydroxylation is 2. The fourth-order valence-electron chi connectivity index (χ4n) is 2.87. The number of ether oxygens (including phenoxy) is 1. The van der Waals surface area contributed by atoms with Gasteiger partial charge >= 0.3 is 0 Å². The number of carbonyl (C=O) groups excluding carboxylic acids is 1. The zero-order chi connectivity index (χ0) is 22.4. The van der Waals surface area contributed by atoms with Crippen LogP contribution in [0.15, 0.2) is 70.7 Å². The van der Waals surface area contributed by atoms with Crippen LogP contribution in [-0.2, 0) is 11.4 Å². The first-order valence-electron chi connectivity index (χ1n) is 9.53. The van der Waals surface area contributed by atoms with Crippen LogP contribution in [-0.4, -0.2) is 5.91 Å². The van der Waals surface area contributed by atoms with E-state index >= 15 is 0 Å². The zero-order valence-electron chi connectivity index (χ0n) is 17.1. The molecule has 3 aromatic rings. The lowest BCUT2D eigenvalue weighted by molar-refractivity contribution is -0.112. The first-order chi connectivity index (χ1) is 14.9. The zero-order valence-corrected chi connectivity index (χ0v) is 18.7. The van der Waals surface area contributed by atoms with Gasteiger partial charge in [-0.1, -0.05) is 40.2 Å². The number of hydrogen-bond acceptors (Lipinski definition) is 3. The van der Waals surface area contributed by atoms with Crippen molar-refractivity contribution in [1.29, 1.82) is 5.26 Å². The molecule has 31 heavy (non-hydrogen) atoms. The minimum absolute atomic E-state index is 0.0503. The second-order valence-electron chi connectivity index (χ2n) is 7.04. The Bertz CT molecular complexity index is 1180. The average molecular weight is 479 g/mol. The van der Waals surface area contributed by atoms with Gasteiger partial charge in [0.25, 0.3) is 5.91 Å². The summed E-state index contributed by atoms with van der Waals surface area (Å²) in [5, 5.41) is 12.4. The number of rotatable bonds is 6. The topological polar surface area (TPSA) is 62.1 Å². The molecule has 0 saturated carbocycles. The lowest BCUT2D eigenvalue weighted by atomic mass is 10.1. The Morgan fingerprint density at radius 3 is 2.58 bits per heavy atom. The number of nitriles is 1. The number of nitrogens with one attached hydrogen (secondary N) is 1. The van der Waals surface area contributed by atoms with E-state index in [1.807, 2.05) is 38.1 Å². The molecule has 0 atom stereocenters. The average Bonchev–Trinajstić information content (AvgIpc) is 2.75. The van der Waals surface area contributed by atoms with Crippen molar-refractivity contribution in [2.75, 3.05) is 5.32 Å². The quantitative estimate of drug-likeness (QED) is 0.332. The molecular weight excluding hydrogens is 459 g/mol. The maximum absolute atomic E-state index is 13.1. The van der Waals surface area contributed by atoms with Crippen LogP contribution in [0.3, 0.4) is 0 Å². The Morgan fingerprint density at radius 1 is 1.13 bits per heavy atom. The molecule has 0 saturated heterocycles. The summed E-state index contributed by atoms with van der Waals surface area (Å²) in [5.41, 5.74) is 3.89. The van der Waals surface area contributed by atoms with E-state index in [4.69, 9.17) is 4.74 Å². The third kappa shape index (κ3) is 6.03. The maximum Gasteiger partial charge on any atom is 0.266 e. The molecule has 0 aliphatic carbocycles. The molecule has 0 fully saturated rings. The van der Waals surface area contributed by atoms with Crippen molar-refractivity contribution in [3.63, 3.8) is 0 Å². The Balaban J connectivity index is 1.84. The Hall–Kier alpha value is -3.43. The van der Waals surface area contributed by atoms with Gasteiger partial charge < -0.3 is 10.1 Å². The van der Waals surface area contributed by atoms with E-state index in [1.54, 1.807) is 30.3 Å². The van der Waals surface area contributed by atoms with E-state index < -0.39 is 5.91 Å². The Kier molecular flexibility index (Phi) is 7.22. The fraction of sp³-hybridized carbons (Fsp3) is 0.120. The molecule has 0 spiro atoms. The fourth-order valence-corrected chi connectivity index (χ4v) is 3.25. The van der Waals surface area contributed by atoms with Gasteiger partial charge in [0.2, 0.25) is 0 Å². The molecule has 3 aromatic carbocycles. The summed E-state index contributed by atoms with van der Waals surface area (Å²) in [6.07, 6.45) is 1.49. The summed E-state index contributed by atoms with van der Waals surface area (Å²) < 4.78 is 19.7. The lowest BCUT2D eigenvalue weighted by Crippen LogP contribution is -2.14. The van der Waals surface area contributed by atoms with Gasteiger partial charge in [0, 0.05) is 15.7 Å². The molecule has 0 unspecified atom stereocenters. The summed E-state index contributed by atoms with van der Waals surface area (Å²) in [6.45, 7) is 4.04. The number of nitrogens with zero attached hydrogens (tertiary/aromatic N) is 1. The molecule has 0 radical (unpaired) electrons. The number of carbonyl (C=O) groups is 1. The minimum atomic E-state index is -0.499. The highest BCUT2D eigenvalue weighted by molar-refractivity contribution is 9.10. The van der Waals surface area contributed by atoms with Gasteiger partial charge in [-0.05, 0) is 73.0 Å². The number of benzene rings is 3. The smallest absolute Gasteiger partial charge is 0.266 e. The molecule has 4 nitrogen and oxygen atoms in total. The highest BCUT2D eigenvalue weighted by atomic mass is 79.9. The van der Waals surface area contributed by atoms with Crippen molar-refractivity contribution >= 4 is 33.6 Å². The van der Waals surface area contributed by atoms with Gasteiger partial charge in [0.05, 0.1) is 0 Å². The van der Waals surface area contributed by atoms with E-state index in [0.717, 1.165) is 21.2 Å². The van der Waals surface area contributed by atoms with Gasteiger partial charge in [-0.15, -0.1) is 0 Å². The van der Waals surface area contributed by atoms with Crippen LogP contribution >= 0.6 is 15.9 Å². The highest BCUT2D eigenvalue weighted by Gasteiger charge is 2.13. The number of anilines is 1. The monoisotopic (exact) mass is 478 g/mol. The van der Waals surface area contributed by atoms with Crippen molar-refractivity contribution in [3.8, 4) is 11.8 Å². The summed E-state index contributed by atoms with van der Waals surface area (Å²) in [5.74, 6) is -0.315. The Labute approximate surface area is 189 Å². The van der Waals surface area contributed by atoms with Crippen molar-refractivity contribution < 1.29 is 13.9 Å². The highest BCUT2D eigenvalue weighted by Crippen LogP contribution is 2.27. The van der Waals surface area contributed by atoms with Gasteiger partial charge in [-0.2, -0.15) is 5.26 Å². The van der Waals surface area contributed by atoms with Crippen LogP contribution < -0.4 is 10.1 Å². The van der Waals surface area contributed by atoms with Crippen molar-refractivity contribution in [1.82, 2.24) is 0 Å². The van der Waals surface area contributed by atoms with Gasteiger partial charge in [-0.25, -0.2) is 4.39 Å². The molecule has 1 amide bonds. The largest absolute Gasteiger partial charge is 0.488 e. The van der Waals surface area contributed by atoms with Crippen LogP contribution in [0, 0.1) is 31.0 Å². The lowest BCUT2D eigenvalue weighted by Gasteiger charge is -2.11. The SMILES string of the molecule is Cc1ccc(C)c(NC(=O)/C(C#N)=C/c2cc(Br)ccc2OCc2ccc(F)cc2)c1. The minimum Gasteiger partial charge on any atom is -0.488 e. The predicted octanol–water partition coefficient (Wildman–Crippen LogP) is 6.33. The van der Waals surface area contributed by atoms with Crippen LogP contribution in [0.1, 0.15) is 22.3 Å². The normalized spacial score (nSPS) is 11.0. The van der Waals surface area contributed by atoms with E-state index in [-0.39, 0.29) is 18.0 Å². The van der Waals surface area contributed by atoms with Crippen LogP contribution in [0.2, 0.25) is 0 Å². The molecule has 6 heteroatoms. The van der Waals surface area contributed by atoms with E-state index in [1.165, 1.54) is 18.2 Å². The van der Waals surface area contributed by atoms with Crippen LogP contribution in [0.4, 0.5) is 10.1 Å². The van der Waals surface area contributed by atoms with E-state index in [9.17, 15) is 14.4 Å². The molecule has 0 aromatic heterocycles. The second kappa shape index (κ2) is 10.1. The molecule has 156 valence electrons. The van der Waals surface area contributed by atoms with E-state index in [2.05, 4.69) is 21.2 Å². The molecule has 1 N–H and O–H groups in total. The Morgan fingerprint density at radius 2 is 1.87 bits per heavy atom. The van der Waals surface area contributed by atoms with Gasteiger partial charge in [0.15, 0.2) is 0 Å². The van der Waals surface area contributed by atoms with Crippen molar-refractivity contribution in [2.24, 2.45) is 0 Å². The standard InChI is InChI=1S/C25H20BrFN2O2/c1-16-3-4-17(2)23(11-16)29-25(30)20(14-28)12-19-13-21(26)7-10-24(19)31-15-18-5-8-22(27)9-6-18/h3-13H,15H2,1-2H3,(H,29,30)/b20-12+. The summed E-state index contributed by atoms with van der Waals surface area (Å²) in [4.78, 5) is 12.7. The molecule has 0 aliphatic heterocycles. The first kappa shape index (κ1) is 22.3. The third-order valence-electron chi connectivity index (χ3n) is 4.59. The van der Waals surface area contributed by atoms with Crippen LogP contribution in [0.5, 0.6) is 5.75 Å². The summed E-state index contributed by atoms with van der Waals surface area (Å²) in [7, 11) is 0. The second-order valence-corrected chi connectivity index (χ2v) is 7.96. The maximum atomic E-state index is 13.1. The molecule has 0 bridgehead atoms. The number of hydrogen-bond donors (Lipinski definition) is 1. The number of halogens is 2. The molecule has 0 heterocycles. The first-order valence-corrected chi connectivity index (χ1v) is 10.3. The predicted molar refractivity (Wildman–Crippen MR) is 123 cm³/mol. The molecular formula is C25H20BrFN2O2. The molecule has 3 rings (SSSR count). The van der Waals surface area contributed by atoms with Crippen molar-refractivity contribution in [2.45, 2.75) is 20.5 Å². The number of amides is 1.